The number of rotatable bonds is 4. The van der Waals surface area contributed by atoms with Gasteiger partial charge in [-0.2, -0.15) is 0 Å². The summed E-state index contributed by atoms with van der Waals surface area (Å²) in [5.41, 5.74) is 0. The zero-order valence-corrected chi connectivity index (χ0v) is 8.05. The molecule has 4 nitrogen and oxygen atoms in total. The predicted molar refractivity (Wildman–Crippen MR) is 48.9 cm³/mol. The topological polar surface area (TPSA) is 27.7 Å². The Morgan fingerprint density at radius 3 is 2.67 bits per heavy atom. The van der Waals surface area contributed by atoms with Gasteiger partial charge in [0.15, 0.2) is 0 Å². The van der Waals surface area contributed by atoms with Gasteiger partial charge in [0.25, 0.3) is 0 Å². The van der Waals surface area contributed by atoms with E-state index in [1.807, 2.05) is 7.05 Å². The molecule has 12 heavy (non-hydrogen) atoms. The predicted octanol–water partition coefficient (Wildman–Crippen LogP) is -0.615. The minimum absolute atomic E-state index is 0.865. The third-order valence-electron chi connectivity index (χ3n) is 2.16. The summed E-state index contributed by atoms with van der Waals surface area (Å²) >= 11 is 0. The molecule has 1 saturated heterocycles. The number of likely N-dealkylation sites (N-methyl/N-ethyl adjacent to an activating group) is 2. The van der Waals surface area contributed by atoms with Gasteiger partial charge in [-0.25, -0.2) is 10.0 Å². The van der Waals surface area contributed by atoms with Crippen molar-refractivity contribution in [3.8, 4) is 0 Å². The van der Waals surface area contributed by atoms with E-state index < -0.39 is 0 Å². The Morgan fingerprint density at radius 1 is 1.42 bits per heavy atom. The number of nitrogens with one attached hydrogen (secondary N) is 1. The fourth-order valence-corrected chi connectivity index (χ4v) is 1.31. The molecule has 0 aliphatic carbocycles. The molecule has 72 valence electrons. The first kappa shape index (κ1) is 9.92. The third-order valence-corrected chi connectivity index (χ3v) is 2.16. The fourth-order valence-electron chi connectivity index (χ4n) is 1.31. The van der Waals surface area contributed by atoms with Crippen molar-refractivity contribution < 1.29 is 4.74 Å². The zero-order valence-electron chi connectivity index (χ0n) is 8.05. The quantitative estimate of drug-likeness (QED) is 0.613. The largest absolute Gasteiger partial charge is 0.379 e. The van der Waals surface area contributed by atoms with Crippen LogP contribution in [0.2, 0.25) is 0 Å². The highest BCUT2D eigenvalue weighted by Gasteiger charge is 2.13. The average molecular weight is 173 g/mol. The van der Waals surface area contributed by atoms with E-state index in [0.717, 1.165) is 39.4 Å². The molecule has 0 spiro atoms. The summed E-state index contributed by atoms with van der Waals surface area (Å²) in [6.45, 7) is 5.89. The number of morpholine rings is 1. The second-order valence-electron chi connectivity index (χ2n) is 3.05. The van der Waals surface area contributed by atoms with Crippen LogP contribution >= 0.6 is 0 Å². The van der Waals surface area contributed by atoms with Crippen molar-refractivity contribution in [2.75, 3.05) is 53.5 Å². The van der Waals surface area contributed by atoms with Gasteiger partial charge in [-0.1, -0.05) is 0 Å². The van der Waals surface area contributed by atoms with Gasteiger partial charge in [0.2, 0.25) is 0 Å². The van der Waals surface area contributed by atoms with Crippen molar-refractivity contribution in [3.05, 3.63) is 0 Å². The lowest BCUT2D eigenvalue weighted by atomic mass is 10.5. The normalized spacial score (nSPS) is 20.2. The molecule has 0 aromatic heterocycles. The van der Waals surface area contributed by atoms with E-state index in [2.05, 4.69) is 22.4 Å². The van der Waals surface area contributed by atoms with Gasteiger partial charge in [0, 0.05) is 33.2 Å². The summed E-state index contributed by atoms with van der Waals surface area (Å²) in [6, 6.07) is 0. The van der Waals surface area contributed by atoms with Crippen LogP contribution in [0.15, 0.2) is 0 Å². The van der Waals surface area contributed by atoms with E-state index in [9.17, 15) is 0 Å². The first-order chi connectivity index (χ1) is 5.84. The van der Waals surface area contributed by atoms with Crippen molar-refractivity contribution in [2.24, 2.45) is 0 Å². The minimum atomic E-state index is 0.865. The van der Waals surface area contributed by atoms with Crippen LogP contribution in [0.5, 0.6) is 0 Å². The summed E-state index contributed by atoms with van der Waals surface area (Å²) in [7, 11) is 4.11. The number of nitrogens with zero attached hydrogens (tertiary/aromatic N) is 2. The molecule has 0 aromatic carbocycles. The number of hydrogen-bond donors (Lipinski definition) is 1. The lowest BCUT2D eigenvalue weighted by molar-refractivity contribution is -0.0744. The van der Waals surface area contributed by atoms with Gasteiger partial charge >= 0.3 is 0 Å². The summed E-state index contributed by atoms with van der Waals surface area (Å²) in [4.78, 5) is 0. The van der Waals surface area contributed by atoms with E-state index in [1.54, 1.807) is 0 Å². The molecular weight excluding hydrogens is 154 g/mol. The van der Waals surface area contributed by atoms with E-state index in [0.29, 0.717) is 0 Å². The monoisotopic (exact) mass is 173 g/mol. The zero-order chi connectivity index (χ0) is 8.81. The van der Waals surface area contributed by atoms with Crippen molar-refractivity contribution >= 4 is 0 Å². The first-order valence-electron chi connectivity index (χ1n) is 4.53. The first-order valence-corrected chi connectivity index (χ1v) is 4.53. The van der Waals surface area contributed by atoms with Gasteiger partial charge in [-0.15, -0.1) is 0 Å². The molecule has 0 amide bonds. The Labute approximate surface area is 74.4 Å². The van der Waals surface area contributed by atoms with Gasteiger partial charge < -0.3 is 10.1 Å². The Kier molecular flexibility index (Phi) is 4.53. The highest BCUT2D eigenvalue weighted by molar-refractivity contribution is 4.59. The van der Waals surface area contributed by atoms with Gasteiger partial charge in [0.05, 0.1) is 13.2 Å². The molecule has 1 heterocycles. The van der Waals surface area contributed by atoms with Crippen LogP contribution in [0.25, 0.3) is 0 Å². The molecule has 1 aliphatic heterocycles. The Balaban J connectivity index is 2.15. The molecular formula is C8H19N3O. The second kappa shape index (κ2) is 5.48. The maximum atomic E-state index is 5.27. The van der Waals surface area contributed by atoms with E-state index >= 15 is 0 Å². The lowest BCUT2D eigenvalue weighted by Crippen LogP contribution is -2.48. The van der Waals surface area contributed by atoms with Crippen LogP contribution in [0.1, 0.15) is 0 Å². The summed E-state index contributed by atoms with van der Waals surface area (Å²) in [6.07, 6.45) is 0. The maximum absolute atomic E-state index is 5.27. The third kappa shape index (κ3) is 3.06. The van der Waals surface area contributed by atoms with Crippen LogP contribution in [-0.2, 0) is 4.74 Å². The molecule has 0 aromatic rings. The molecule has 0 saturated carbocycles. The molecule has 0 bridgehead atoms. The number of hydrogen-bond acceptors (Lipinski definition) is 4. The van der Waals surface area contributed by atoms with Crippen LogP contribution < -0.4 is 5.32 Å². The van der Waals surface area contributed by atoms with Crippen LogP contribution in [0.3, 0.4) is 0 Å². The highest BCUT2D eigenvalue weighted by atomic mass is 16.5. The molecule has 1 fully saturated rings. The van der Waals surface area contributed by atoms with Crippen molar-refractivity contribution in [3.63, 3.8) is 0 Å². The van der Waals surface area contributed by atoms with Crippen LogP contribution in [-0.4, -0.2) is 63.5 Å². The number of ether oxygens (including phenoxy) is 1. The molecule has 0 radical (unpaired) electrons. The molecule has 1 aliphatic rings. The molecule has 4 heteroatoms. The Morgan fingerprint density at radius 2 is 2.08 bits per heavy atom. The second-order valence-corrected chi connectivity index (χ2v) is 3.05. The lowest BCUT2D eigenvalue weighted by Gasteiger charge is -2.34. The van der Waals surface area contributed by atoms with E-state index in [-0.39, 0.29) is 0 Å². The van der Waals surface area contributed by atoms with E-state index in [1.165, 1.54) is 0 Å². The van der Waals surface area contributed by atoms with Crippen LogP contribution in [0, 0.1) is 0 Å². The number of hydrazine groups is 1. The van der Waals surface area contributed by atoms with E-state index in [4.69, 9.17) is 4.74 Å². The summed E-state index contributed by atoms with van der Waals surface area (Å²) < 4.78 is 5.27. The summed E-state index contributed by atoms with van der Waals surface area (Å²) in [5, 5.41) is 7.74. The fraction of sp³-hybridized carbons (Fsp3) is 1.00. The SMILES string of the molecule is CNCCN(C)N1CCOCC1. The molecule has 1 rings (SSSR count). The minimum Gasteiger partial charge on any atom is -0.379 e. The van der Waals surface area contributed by atoms with Gasteiger partial charge in [-0.05, 0) is 7.05 Å². The molecule has 0 atom stereocenters. The summed E-state index contributed by atoms with van der Waals surface area (Å²) in [5.74, 6) is 0. The Bertz CT molecular complexity index is 115. The molecule has 1 N–H and O–H groups in total. The average Bonchev–Trinajstić information content (AvgIpc) is 2.15. The van der Waals surface area contributed by atoms with Crippen molar-refractivity contribution in [2.45, 2.75) is 0 Å². The van der Waals surface area contributed by atoms with Crippen molar-refractivity contribution in [1.29, 1.82) is 0 Å². The van der Waals surface area contributed by atoms with Gasteiger partial charge in [-0.3, -0.25) is 0 Å². The maximum Gasteiger partial charge on any atom is 0.0608 e. The molecule has 0 unspecified atom stereocenters. The standard InChI is InChI=1S/C8H19N3O/c1-9-3-4-10(2)11-5-7-12-8-6-11/h9H,3-8H2,1-2H3. The van der Waals surface area contributed by atoms with Crippen molar-refractivity contribution in [1.82, 2.24) is 15.3 Å². The Hall–Kier alpha value is -0.160. The highest BCUT2D eigenvalue weighted by Crippen LogP contribution is 1.99. The van der Waals surface area contributed by atoms with Gasteiger partial charge in [0.1, 0.15) is 0 Å². The smallest absolute Gasteiger partial charge is 0.0608 e. The van der Waals surface area contributed by atoms with Crippen LogP contribution in [0.4, 0.5) is 0 Å².